The number of nitriles is 1. The van der Waals surface area contributed by atoms with Gasteiger partial charge >= 0.3 is 6.01 Å². The average Bonchev–Trinajstić information content (AvgIpc) is 3.66. The maximum Gasteiger partial charge on any atom is 0.323 e. The van der Waals surface area contributed by atoms with Crippen LogP contribution in [0.4, 0.5) is 22.7 Å². The van der Waals surface area contributed by atoms with Crippen LogP contribution < -0.4 is 31.3 Å². The van der Waals surface area contributed by atoms with Crippen LogP contribution in [0.1, 0.15) is 54.3 Å². The first-order valence-corrected chi connectivity index (χ1v) is 15.9. The fourth-order valence-electron chi connectivity index (χ4n) is 6.27. The van der Waals surface area contributed by atoms with Crippen molar-refractivity contribution in [2.24, 2.45) is 0 Å². The normalized spacial score (nSPS) is 21.1. The molecule has 2 saturated heterocycles. The number of aromatic nitrogens is 4. The van der Waals surface area contributed by atoms with E-state index in [1.54, 1.807) is 13.3 Å². The number of thiophene rings is 1. The van der Waals surface area contributed by atoms with Crippen molar-refractivity contribution in [1.82, 2.24) is 25.3 Å². The number of thioether (sulfide) groups is 1. The number of nitrogen functional groups attached to an aromatic ring is 2. The molecule has 3 aromatic heterocycles. The third-order valence-electron chi connectivity index (χ3n) is 8.44. The predicted octanol–water partition coefficient (Wildman–Crippen LogP) is 3.06. The Balaban J connectivity index is 1.32. The molecule has 3 aromatic rings. The van der Waals surface area contributed by atoms with Crippen LogP contribution in [0, 0.1) is 11.3 Å². The summed E-state index contributed by atoms with van der Waals surface area (Å²) in [6.45, 7) is 7.94. The summed E-state index contributed by atoms with van der Waals surface area (Å²) < 4.78 is 11.6. The number of nitrogens with two attached hydrogens (primary N) is 2. The number of hydrogen-bond acceptors (Lipinski definition) is 14. The van der Waals surface area contributed by atoms with Crippen LogP contribution in [-0.2, 0) is 15.2 Å². The quantitative estimate of drug-likeness (QED) is 0.308. The number of methoxy groups -OCH3 is 1. The molecule has 0 bridgehead atoms. The van der Waals surface area contributed by atoms with Crippen LogP contribution in [0.5, 0.6) is 6.01 Å². The lowest BCUT2D eigenvalue weighted by Gasteiger charge is -2.47. The van der Waals surface area contributed by atoms with E-state index in [9.17, 15) is 5.26 Å². The molecule has 0 radical (unpaired) electrons. The van der Waals surface area contributed by atoms with Crippen molar-refractivity contribution in [3.8, 4) is 12.1 Å². The first-order valence-electron chi connectivity index (χ1n) is 14.1. The summed E-state index contributed by atoms with van der Waals surface area (Å²) in [6, 6.07) is 6.33. The van der Waals surface area contributed by atoms with E-state index in [4.69, 9.17) is 35.9 Å². The highest BCUT2D eigenvalue weighted by molar-refractivity contribution is 8.00. The van der Waals surface area contributed by atoms with Gasteiger partial charge in [-0.25, -0.2) is 4.98 Å². The van der Waals surface area contributed by atoms with Gasteiger partial charge in [-0.15, -0.1) is 23.1 Å². The molecular formula is C28H36N10O2S2. The number of ether oxygens (including phenoxy) is 2. The lowest BCUT2D eigenvalue weighted by molar-refractivity contribution is 0.0793. The van der Waals surface area contributed by atoms with Gasteiger partial charge in [-0.1, -0.05) is 6.07 Å². The molecule has 3 aliphatic rings. The van der Waals surface area contributed by atoms with Gasteiger partial charge < -0.3 is 36.1 Å². The molecule has 5 N–H and O–H groups in total. The molecule has 2 fully saturated rings. The maximum absolute atomic E-state index is 9.81. The molecule has 0 aromatic carbocycles. The molecule has 6 heterocycles. The molecule has 1 spiro atoms. The summed E-state index contributed by atoms with van der Waals surface area (Å²) in [6.07, 6.45) is 3.69. The zero-order valence-corrected chi connectivity index (χ0v) is 25.7. The van der Waals surface area contributed by atoms with E-state index in [1.807, 2.05) is 23.9 Å². The van der Waals surface area contributed by atoms with E-state index in [1.165, 1.54) is 16.2 Å². The number of pyridine rings is 1. The number of anilines is 4. The number of nitrogens with one attached hydrogen (secondary N) is 1. The Morgan fingerprint density at radius 1 is 1.26 bits per heavy atom. The minimum atomic E-state index is -0.284. The Morgan fingerprint density at radius 3 is 2.79 bits per heavy atom. The van der Waals surface area contributed by atoms with Crippen LogP contribution in [0.15, 0.2) is 18.3 Å². The molecule has 0 saturated carbocycles. The highest BCUT2D eigenvalue weighted by Crippen LogP contribution is 2.57. The third-order valence-corrected chi connectivity index (χ3v) is 11.1. The topological polar surface area (TPSA) is 164 Å². The van der Waals surface area contributed by atoms with Crippen molar-refractivity contribution in [1.29, 1.82) is 5.26 Å². The molecule has 6 rings (SSSR count). The summed E-state index contributed by atoms with van der Waals surface area (Å²) >= 11 is 3.39. The molecule has 222 valence electrons. The zero-order valence-electron chi connectivity index (χ0n) is 24.1. The molecule has 1 unspecified atom stereocenters. The number of rotatable bonds is 10. The van der Waals surface area contributed by atoms with Crippen molar-refractivity contribution in [2.45, 2.75) is 48.8 Å². The van der Waals surface area contributed by atoms with Gasteiger partial charge in [-0.3, -0.25) is 0 Å². The monoisotopic (exact) mass is 608 g/mol. The first kappa shape index (κ1) is 28.7. The highest BCUT2D eigenvalue weighted by atomic mass is 32.2. The second-order valence-corrected chi connectivity index (χ2v) is 13.6. The van der Waals surface area contributed by atoms with Crippen molar-refractivity contribution >= 4 is 45.8 Å². The molecule has 2 atom stereocenters. The van der Waals surface area contributed by atoms with Crippen LogP contribution in [0.2, 0.25) is 0 Å². The summed E-state index contributed by atoms with van der Waals surface area (Å²) in [5, 5.41) is 14.0. The van der Waals surface area contributed by atoms with Gasteiger partial charge in [0.2, 0.25) is 11.9 Å². The van der Waals surface area contributed by atoms with E-state index < -0.39 is 0 Å². The second-order valence-electron chi connectivity index (χ2n) is 11.1. The van der Waals surface area contributed by atoms with Gasteiger partial charge in [0.25, 0.3) is 0 Å². The lowest BCUT2D eigenvalue weighted by atomic mass is 9.88. The number of fused-ring (bicyclic) bond motifs is 2. The first-order chi connectivity index (χ1) is 20.3. The van der Waals surface area contributed by atoms with Crippen molar-refractivity contribution in [3.63, 3.8) is 0 Å². The Labute approximate surface area is 253 Å². The van der Waals surface area contributed by atoms with E-state index in [-0.39, 0.29) is 22.3 Å². The second kappa shape index (κ2) is 11.4. The Bertz CT molecular complexity index is 1500. The number of hydrogen-bond donors (Lipinski definition) is 3. The van der Waals surface area contributed by atoms with Crippen LogP contribution in [0.25, 0.3) is 0 Å². The fraction of sp³-hybridized carbons (Fsp3) is 0.536. The van der Waals surface area contributed by atoms with Crippen LogP contribution >= 0.6 is 23.1 Å². The predicted molar refractivity (Wildman–Crippen MR) is 166 cm³/mol. The molecule has 42 heavy (non-hydrogen) atoms. The van der Waals surface area contributed by atoms with Gasteiger partial charge in [0.1, 0.15) is 23.5 Å². The van der Waals surface area contributed by atoms with E-state index in [0.717, 1.165) is 36.3 Å². The minimum absolute atomic E-state index is 0.134. The van der Waals surface area contributed by atoms with E-state index in [2.05, 4.69) is 40.0 Å². The van der Waals surface area contributed by atoms with Gasteiger partial charge in [0.05, 0.1) is 28.5 Å². The molecule has 0 amide bonds. The van der Waals surface area contributed by atoms with Crippen molar-refractivity contribution in [3.05, 3.63) is 39.9 Å². The van der Waals surface area contributed by atoms with E-state index >= 15 is 0 Å². The molecule has 0 aliphatic carbocycles. The summed E-state index contributed by atoms with van der Waals surface area (Å²) in [5.41, 5.74) is 14.8. The molecular weight excluding hydrogens is 573 g/mol. The zero-order chi connectivity index (χ0) is 29.5. The number of nitrogens with zero attached hydrogens (tertiary/aromatic N) is 7. The Kier molecular flexibility index (Phi) is 7.77. The molecule has 12 nitrogen and oxygen atoms in total. The van der Waals surface area contributed by atoms with Crippen molar-refractivity contribution in [2.75, 3.05) is 67.8 Å². The van der Waals surface area contributed by atoms with E-state index in [0.29, 0.717) is 61.1 Å². The minimum Gasteiger partial charge on any atom is -0.461 e. The maximum atomic E-state index is 9.81. The van der Waals surface area contributed by atoms with Crippen LogP contribution in [0.3, 0.4) is 0 Å². The standard InChI is InChI=1S/C28H36N10O2S2/c1-4-38(17(2)18-7-5-9-32-22(18)30)25-34-24(35-26(36-25)40-16-27(15-39-3)8-6-10-33-27)37-13-28(14-37)21-19(11-29)23(31)42-20(21)12-41-28/h5,7,9,17,33H,4,6,8,10,12-16,31H2,1-3H3,(H2,30,32)/t17-,27?/m1/s1. The largest absolute Gasteiger partial charge is 0.461 e. The summed E-state index contributed by atoms with van der Waals surface area (Å²) in [7, 11) is 1.70. The summed E-state index contributed by atoms with van der Waals surface area (Å²) in [5.74, 6) is 2.39. The lowest BCUT2D eigenvalue weighted by Crippen LogP contribution is -2.57. The third kappa shape index (κ3) is 4.98. The smallest absolute Gasteiger partial charge is 0.323 e. The SMILES string of the molecule is CCN(c1nc(OCC2(COC)CCCN2)nc(N2CC3(C2)SCc2sc(N)c(C#N)c23)n1)[C@H](C)c1cccnc1N. The molecule has 14 heteroatoms. The van der Waals surface area contributed by atoms with Gasteiger partial charge in [-0.05, 0) is 39.3 Å². The van der Waals surface area contributed by atoms with Gasteiger partial charge in [0.15, 0.2) is 0 Å². The summed E-state index contributed by atoms with van der Waals surface area (Å²) in [4.78, 5) is 24.2. The molecule has 3 aliphatic heterocycles. The van der Waals surface area contributed by atoms with Gasteiger partial charge in [-0.2, -0.15) is 20.2 Å². The Hall–Kier alpha value is -3.38. The van der Waals surface area contributed by atoms with Gasteiger partial charge in [0, 0.05) is 54.7 Å². The average molecular weight is 609 g/mol. The Morgan fingerprint density at radius 2 is 2.10 bits per heavy atom. The fourth-order valence-corrected chi connectivity index (χ4v) is 9.08. The van der Waals surface area contributed by atoms with Crippen LogP contribution in [-0.4, -0.2) is 72.0 Å². The highest BCUT2D eigenvalue weighted by Gasteiger charge is 2.53. The van der Waals surface area contributed by atoms with Crippen molar-refractivity contribution < 1.29 is 9.47 Å².